The van der Waals surface area contributed by atoms with Crippen LogP contribution in [0.2, 0.25) is 0 Å². The van der Waals surface area contributed by atoms with Crippen LogP contribution in [0.3, 0.4) is 0 Å². The number of unbranched alkanes of at least 4 members (excludes halogenated alkanes) is 12. The van der Waals surface area contributed by atoms with Crippen LogP contribution in [0.15, 0.2) is 0 Å². The largest absolute Gasteiger partial charge is 0.480 e. The topological polar surface area (TPSA) is 506 Å². The standard InChI is InChI=1S/C17H31N3O6.C15H29N3O4.C12H24N2O3.C8H11NO4.C6H15N.C4H5NO3.C2H4O3/c1-4-5-6-7-10-18-17(25)13(8-9-16(24)26-3)19-14(22)11-20(2)15(23)12-21;1-4-5-6-7-10-17-15(21)12(8-9-14(20)22-3)18-13(19)11-16-2;1-3-4-5-6-9-14-12(16)10(13)7-8-11(15)17-2;1-13-8(12)3-2-5-6(10)4-7(11)9-5;1-2-3-4-5-6-7;1-5-2-3(6)8-4(5)7;3-1-2(4)5/h13,21H,4-12H2,1-3H3,(H,18,25)(H,19,22);12,16H,4-11H2,1-3H3,(H,17,21)(H,18,19);10H,3-9,13H2,1-2H3,(H,14,16);5H,2-4H2,1H3,(H,9,11);2-7H2,1H3;2H2,1H3;3H,1H2,(H,4,5). The number of ketones is 1. The highest BCUT2D eigenvalue weighted by Gasteiger charge is 2.30. The lowest BCUT2D eigenvalue weighted by Crippen LogP contribution is -2.50. The molecule has 568 valence electrons. The first-order chi connectivity index (χ1) is 46.5. The van der Waals surface area contributed by atoms with Crippen LogP contribution in [0.4, 0.5) is 4.79 Å². The number of aliphatic hydroxyl groups excluding tert-OH is 2. The van der Waals surface area contributed by atoms with Gasteiger partial charge in [-0.2, -0.15) is 0 Å². The number of esters is 5. The van der Waals surface area contributed by atoms with E-state index in [0.29, 0.717) is 32.5 Å². The van der Waals surface area contributed by atoms with Crippen LogP contribution in [-0.4, -0.2) is 247 Å². The number of carboxylic acids is 1. The summed E-state index contributed by atoms with van der Waals surface area (Å²) in [6.07, 6.45) is 18.6. The zero-order chi connectivity index (χ0) is 75.7. The number of likely N-dealkylation sites (N-methyl/N-ethyl adjacent to an activating group) is 3. The molecule has 0 radical (unpaired) electrons. The van der Waals surface area contributed by atoms with Crippen molar-refractivity contribution in [1.29, 1.82) is 0 Å². The molecule has 0 aliphatic carbocycles. The molecule has 4 atom stereocenters. The van der Waals surface area contributed by atoms with Gasteiger partial charge in [0.1, 0.15) is 31.8 Å². The van der Waals surface area contributed by atoms with Crippen LogP contribution in [-0.2, 0) is 90.8 Å². The predicted molar refractivity (Wildman–Crippen MR) is 361 cm³/mol. The predicted octanol–water partition coefficient (Wildman–Crippen LogP) is 0.456. The fourth-order valence-electron chi connectivity index (χ4n) is 7.75. The van der Waals surface area contributed by atoms with Crippen molar-refractivity contribution in [2.45, 2.75) is 212 Å². The second-order valence-corrected chi connectivity index (χ2v) is 22.1. The molecular weight excluding hydrogens is 1290 g/mol. The van der Waals surface area contributed by atoms with E-state index in [4.69, 9.17) is 31.6 Å². The normalized spacial score (nSPS) is 13.2. The Bertz CT molecular complexity index is 2300. The molecule has 98 heavy (non-hydrogen) atoms. The fourth-order valence-corrected chi connectivity index (χ4v) is 7.75. The van der Waals surface area contributed by atoms with E-state index in [1.807, 2.05) is 0 Å². The number of cyclic esters (lactones) is 2. The minimum Gasteiger partial charge on any atom is -0.480 e. The summed E-state index contributed by atoms with van der Waals surface area (Å²) < 4.78 is 22.1. The Hall–Kier alpha value is -7.95. The quantitative estimate of drug-likeness (QED) is 0.0171. The third kappa shape index (κ3) is 61.6. The average Bonchev–Trinajstić information content (AvgIpc) is 1.69. The van der Waals surface area contributed by atoms with Gasteiger partial charge in [-0.25, -0.2) is 14.4 Å². The monoisotopic (exact) mass is 1410 g/mol. The van der Waals surface area contributed by atoms with Crippen LogP contribution in [0, 0.1) is 0 Å². The Balaban J connectivity index is -0.000000363. The molecule has 2 saturated heterocycles. The van der Waals surface area contributed by atoms with E-state index in [2.05, 4.69) is 88.6 Å². The van der Waals surface area contributed by atoms with Gasteiger partial charge in [0.05, 0.1) is 60.0 Å². The Kier molecular flexibility index (Phi) is 68.1. The Morgan fingerprint density at radius 3 is 1.33 bits per heavy atom. The summed E-state index contributed by atoms with van der Waals surface area (Å²) >= 11 is 0. The Labute approximate surface area is 577 Å². The summed E-state index contributed by atoms with van der Waals surface area (Å²) in [7, 11) is 9.68. The minimum atomic E-state index is -1.19. The van der Waals surface area contributed by atoms with Gasteiger partial charge in [0.2, 0.25) is 41.4 Å². The van der Waals surface area contributed by atoms with Crippen LogP contribution in [0.1, 0.15) is 188 Å². The SMILES string of the molecule is CCCCCCN.CCCCCCNC(=O)C(CCC(=O)OC)NC(=O)CN(C)C(=O)CO.CCCCCCNC(=O)C(CCC(=O)OC)NC(=O)CNC.CCCCCCNC(=O)C(N)CCC(=O)OC.CN1CC(=O)OC1=O.COC(=O)CCC1NC(=O)CC1=O.O=C(O)CO. The van der Waals surface area contributed by atoms with Crippen molar-refractivity contribution in [3.05, 3.63) is 0 Å². The molecular formula is C64H119N11O23. The number of rotatable bonds is 42. The van der Waals surface area contributed by atoms with Crippen molar-refractivity contribution < 1.29 is 111 Å². The maximum Gasteiger partial charge on any atom is 0.417 e. The van der Waals surface area contributed by atoms with E-state index in [9.17, 15) is 67.1 Å². The van der Waals surface area contributed by atoms with Crippen LogP contribution in [0.25, 0.3) is 0 Å². The van der Waals surface area contributed by atoms with Gasteiger partial charge in [-0.3, -0.25) is 62.4 Å². The number of Topliss-reactive ketones (excluding diaryl/α,β-unsaturated/α-hetero) is 1. The third-order valence-electron chi connectivity index (χ3n) is 13.5. The number of aliphatic carboxylic acids is 1. The number of carbonyl (C=O) groups is 15. The molecule has 8 amide bonds. The smallest absolute Gasteiger partial charge is 0.417 e. The number of aliphatic hydroxyl groups is 2. The van der Waals surface area contributed by atoms with Gasteiger partial charge in [-0.15, -0.1) is 0 Å². The molecule has 0 aromatic rings. The van der Waals surface area contributed by atoms with Crippen molar-refractivity contribution in [3.8, 4) is 0 Å². The number of hydrogen-bond donors (Lipinski definition) is 12. The zero-order valence-corrected chi connectivity index (χ0v) is 59.9. The molecule has 2 heterocycles. The molecule has 2 rings (SSSR count). The van der Waals surface area contributed by atoms with Crippen molar-refractivity contribution >= 4 is 89.0 Å². The first-order valence-corrected chi connectivity index (χ1v) is 33.3. The number of nitrogens with zero attached hydrogens (tertiary/aromatic N) is 2. The second-order valence-electron chi connectivity index (χ2n) is 22.1. The van der Waals surface area contributed by atoms with E-state index in [-0.39, 0.29) is 112 Å². The molecule has 0 bridgehead atoms. The van der Waals surface area contributed by atoms with Gasteiger partial charge in [0.25, 0.3) is 0 Å². The van der Waals surface area contributed by atoms with Gasteiger partial charge in [0.15, 0.2) is 5.78 Å². The van der Waals surface area contributed by atoms with Crippen molar-refractivity contribution in [2.75, 3.05) is 109 Å². The molecule has 0 aromatic carbocycles. The molecule has 2 aliphatic rings. The second kappa shape index (κ2) is 67.6. The number of hydrogen-bond acceptors (Lipinski definition) is 25. The third-order valence-corrected chi connectivity index (χ3v) is 13.5. The molecule has 0 aromatic heterocycles. The molecule has 14 N–H and O–H groups in total. The van der Waals surface area contributed by atoms with Gasteiger partial charge in [-0.05, 0) is 65.0 Å². The van der Waals surface area contributed by atoms with Gasteiger partial charge < -0.3 is 92.6 Å². The number of carboxylic acid groups (broad SMARTS) is 1. The molecule has 0 saturated carbocycles. The Morgan fingerprint density at radius 1 is 0.602 bits per heavy atom. The van der Waals surface area contributed by atoms with E-state index in [1.54, 1.807) is 7.05 Å². The lowest BCUT2D eigenvalue weighted by Gasteiger charge is -2.20. The first kappa shape index (κ1) is 98.7. The van der Waals surface area contributed by atoms with Crippen LogP contribution >= 0.6 is 0 Å². The zero-order valence-electron chi connectivity index (χ0n) is 59.9. The van der Waals surface area contributed by atoms with Crippen molar-refractivity contribution in [1.82, 2.24) is 47.0 Å². The molecule has 2 aliphatic heterocycles. The van der Waals surface area contributed by atoms with E-state index in [1.165, 1.54) is 86.0 Å². The van der Waals surface area contributed by atoms with Crippen LogP contribution in [0.5, 0.6) is 0 Å². The lowest BCUT2D eigenvalue weighted by molar-refractivity contribution is -0.142. The first-order valence-electron chi connectivity index (χ1n) is 33.3. The molecule has 2 fully saturated rings. The molecule has 34 heteroatoms. The maximum atomic E-state index is 12.3. The van der Waals surface area contributed by atoms with Gasteiger partial charge >= 0.3 is 41.9 Å². The number of carbonyl (C=O) groups excluding carboxylic acids is 14. The number of ether oxygens (including phenoxy) is 5. The fraction of sp³-hybridized carbons (Fsp3) is 0.766. The van der Waals surface area contributed by atoms with Crippen molar-refractivity contribution in [2.24, 2.45) is 11.5 Å². The van der Waals surface area contributed by atoms with Crippen LogP contribution < -0.4 is 48.7 Å². The highest BCUT2D eigenvalue weighted by atomic mass is 16.6. The number of amides is 8. The maximum absolute atomic E-state index is 12.3. The summed E-state index contributed by atoms with van der Waals surface area (Å²) in [6.45, 7) is 9.58. The highest BCUT2D eigenvalue weighted by molar-refractivity contribution is 6.07. The van der Waals surface area contributed by atoms with Gasteiger partial charge in [0, 0.05) is 59.4 Å². The highest BCUT2D eigenvalue weighted by Crippen LogP contribution is 2.10. The summed E-state index contributed by atoms with van der Waals surface area (Å²) in [4.78, 5) is 169. The summed E-state index contributed by atoms with van der Waals surface area (Å²) in [6, 6.07) is -2.73. The average molecular weight is 1410 g/mol. The summed E-state index contributed by atoms with van der Waals surface area (Å²) in [5, 5.41) is 42.5. The molecule has 0 spiro atoms. The molecule has 34 nitrogen and oxygen atoms in total. The molecule has 4 unspecified atom stereocenters. The lowest BCUT2D eigenvalue weighted by atomic mass is 10.1. The van der Waals surface area contributed by atoms with Gasteiger partial charge in [-0.1, -0.05) is 105 Å². The Morgan fingerprint density at radius 2 is 1.00 bits per heavy atom. The van der Waals surface area contributed by atoms with Crippen molar-refractivity contribution in [3.63, 3.8) is 0 Å². The van der Waals surface area contributed by atoms with E-state index >= 15 is 0 Å². The number of nitrogens with one attached hydrogen (secondary N) is 7. The van der Waals surface area contributed by atoms with E-state index < -0.39 is 79.2 Å². The number of nitrogens with two attached hydrogens (primary N) is 2. The minimum absolute atomic E-state index is 0.0177. The van der Waals surface area contributed by atoms with E-state index in [0.717, 1.165) is 75.7 Å². The summed E-state index contributed by atoms with van der Waals surface area (Å²) in [5.41, 5.74) is 10.9. The number of methoxy groups -OCH3 is 4. The summed E-state index contributed by atoms with van der Waals surface area (Å²) in [5.74, 6) is -5.92.